The average Bonchev–Trinajstić information content (AvgIpc) is 3.43. The number of anilines is 1. The fourth-order valence-electron chi connectivity index (χ4n) is 5.50. The van der Waals surface area contributed by atoms with Gasteiger partial charge in [0.15, 0.2) is 0 Å². The number of likely N-dealkylation sites (N-methyl/N-ethyl adjacent to an activating group) is 1. The fourth-order valence-corrected chi connectivity index (χ4v) is 5.79. The highest BCUT2D eigenvalue weighted by Crippen LogP contribution is 2.42. The minimum absolute atomic E-state index is 0.0214. The van der Waals surface area contributed by atoms with Crippen LogP contribution in [0.2, 0.25) is 5.02 Å². The Labute approximate surface area is 234 Å². The minimum Gasteiger partial charge on any atom is -0.497 e. The van der Waals surface area contributed by atoms with E-state index in [1.54, 1.807) is 19.5 Å². The third-order valence-corrected chi connectivity index (χ3v) is 7.66. The standard InChI is InChI=1S/C31H32ClN5O2/c1-19-8-23(32)14-25(9-19)37-18-35-29-10-20(2)27(22-11-21(16-33)12-26(13-22)39-4)15-28(29)30(37)31(38)36(3)17-24-6-5-7-34-24/h8-15,18,24,30,34H,5-7,17H2,1-4H3/t24-,30?/m0/s1. The maximum absolute atomic E-state index is 14.2. The molecule has 3 aromatic carbocycles. The van der Waals surface area contributed by atoms with E-state index in [0.29, 0.717) is 22.9 Å². The SMILES string of the molecule is COc1cc(C#N)cc(-c2cc3c(cc2C)N=CN(c2cc(C)cc(Cl)c2)C3C(=O)N(C)C[C@@H]2CCCN2)c1. The van der Waals surface area contributed by atoms with Crippen LogP contribution < -0.4 is 15.0 Å². The zero-order valence-electron chi connectivity index (χ0n) is 22.7. The summed E-state index contributed by atoms with van der Waals surface area (Å²) >= 11 is 6.44. The third kappa shape index (κ3) is 5.49. The number of nitrogens with one attached hydrogen (secondary N) is 1. The van der Waals surface area contributed by atoms with Gasteiger partial charge in [0.2, 0.25) is 5.91 Å². The maximum Gasteiger partial charge on any atom is 0.250 e. The van der Waals surface area contributed by atoms with E-state index in [2.05, 4.69) is 11.4 Å². The van der Waals surface area contributed by atoms with Gasteiger partial charge in [-0.1, -0.05) is 11.6 Å². The Hall–Kier alpha value is -3.86. The van der Waals surface area contributed by atoms with E-state index in [1.165, 1.54) is 0 Å². The Bertz CT molecular complexity index is 1470. The summed E-state index contributed by atoms with van der Waals surface area (Å²) < 4.78 is 5.46. The lowest BCUT2D eigenvalue weighted by Crippen LogP contribution is -2.46. The molecule has 1 amide bonds. The molecule has 0 saturated carbocycles. The minimum atomic E-state index is -0.637. The molecule has 2 aliphatic heterocycles. The molecule has 0 radical (unpaired) electrons. The number of nitriles is 1. The van der Waals surface area contributed by atoms with Crippen LogP contribution in [-0.4, -0.2) is 50.4 Å². The van der Waals surface area contributed by atoms with Gasteiger partial charge >= 0.3 is 0 Å². The number of hydrogen-bond donors (Lipinski definition) is 1. The molecule has 8 heteroatoms. The first kappa shape index (κ1) is 26.7. The van der Waals surface area contributed by atoms with Crippen LogP contribution in [0, 0.1) is 25.2 Å². The van der Waals surface area contributed by atoms with Crippen molar-refractivity contribution in [2.75, 3.05) is 32.1 Å². The van der Waals surface area contributed by atoms with Gasteiger partial charge in [-0.2, -0.15) is 5.26 Å². The molecular formula is C31H32ClN5O2. The van der Waals surface area contributed by atoms with Crippen molar-refractivity contribution in [3.63, 3.8) is 0 Å². The molecule has 2 aliphatic rings. The van der Waals surface area contributed by atoms with Crippen LogP contribution in [-0.2, 0) is 4.79 Å². The van der Waals surface area contributed by atoms with E-state index in [-0.39, 0.29) is 11.9 Å². The van der Waals surface area contributed by atoms with Gasteiger partial charge in [0.25, 0.3) is 0 Å². The van der Waals surface area contributed by atoms with Gasteiger partial charge in [-0.15, -0.1) is 0 Å². The Morgan fingerprint density at radius 1 is 1.21 bits per heavy atom. The molecule has 200 valence electrons. The summed E-state index contributed by atoms with van der Waals surface area (Å²) in [5, 5.41) is 13.7. The number of methoxy groups -OCH3 is 1. The summed E-state index contributed by atoms with van der Waals surface area (Å²) in [6, 6.07) is 17.1. The van der Waals surface area contributed by atoms with Crippen LogP contribution in [0.3, 0.4) is 0 Å². The molecule has 2 atom stereocenters. The van der Waals surface area contributed by atoms with E-state index in [0.717, 1.165) is 58.6 Å². The number of halogens is 1. The van der Waals surface area contributed by atoms with Gasteiger partial charge in [-0.3, -0.25) is 4.79 Å². The summed E-state index contributed by atoms with van der Waals surface area (Å²) in [4.78, 5) is 22.7. The Morgan fingerprint density at radius 2 is 2.03 bits per heavy atom. The van der Waals surface area contributed by atoms with Crippen LogP contribution in [0.15, 0.2) is 53.5 Å². The summed E-state index contributed by atoms with van der Waals surface area (Å²) in [6.45, 7) is 5.60. The maximum atomic E-state index is 14.2. The third-order valence-electron chi connectivity index (χ3n) is 7.44. The highest BCUT2D eigenvalue weighted by atomic mass is 35.5. The number of ether oxygens (including phenoxy) is 1. The molecular weight excluding hydrogens is 510 g/mol. The van der Waals surface area contributed by atoms with Crippen LogP contribution >= 0.6 is 11.6 Å². The van der Waals surface area contributed by atoms with Crippen molar-refractivity contribution in [2.45, 2.75) is 38.8 Å². The average molecular weight is 542 g/mol. The first-order valence-electron chi connectivity index (χ1n) is 13.1. The van der Waals surface area contributed by atoms with Gasteiger partial charge in [-0.25, -0.2) is 4.99 Å². The van der Waals surface area contributed by atoms with Crippen molar-refractivity contribution < 1.29 is 9.53 Å². The molecule has 3 aromatic rings. The normalized spacial score (nSPS) is 18.0. The van der Waals surface area contributed by atoms with E-state index in [1.807, 2.05) is 73.2 Å². The van der Waals surface area contributed by atoms with E-state index in [4.69, 9.17) is 21.3 Å². The van der Waals surface area contributed by atoms with Crippen LogP contribution in [0.4, 0.5) is 11.4 Å². The topological polar surface area (TPSA) is 81.0 Å². The van der Waals surface area contributed by atoms with Crippen molar-refractivity contribution in [2.24, 2.45) is 4.99 Å². The number of nitrogens with zero attached hydrogens (tertiary/aromatic N) is 4. The molecule has 0 bridgehead atoms. The van der Waals surface area contributed by atoms with Crippen LogP contribution in [0.1, 0.15) is 41.1 Å². The number of rotatable bonds is 6. The van der Waals surface area contributed by atoms with Crippen molar-refractivity contribution in [1.29, 1.82) is 5.26 Å². The first-order valence-corrected chi connectivity index (χ1v) is 13.5. The number of fused-ring (bicyclic) bond motifs is 1. The molecule has 0 spiro atoms. The molecule has 5 rings (SSSR count). The molecule has 1 N–H and O–H groups in total. The second-order valence-electron chi connectivity index (χ2n) is 10.3. The molecule has 1 fully saturated rings. The molecule has 7 nitrogen and oxygen atoms in total. The van der Waals surface area contributed by atoms with Crippen molar-refractivity contribution in [1.82, 2.24) is 10.2 Å². The molecule has 1 saturated heterocycles. The molecule has 0 aliphatic carbocycles. The van der Waals surface area contributed by atoms with E-state index < -0.39 is 6.04 Å². The van der Waals surface area contributed by atoms with Gasteiger partial charge in [0, 0.05) is 35.9 Å². The summed E-state index contributed by atoms with van der Waals surface area (Å²) in [7, 11) is 3.45. The first-order chi connectivity index (χ1) is 18.8. The number of aryl methyl sites for hydroxylation is 2. The molecule has 1 unspecified atom stereocenters. The number of carbonyl (C=O) groups excluding carboxylic acids is 1. The number of benzene rings is 3. The molecule has 0 aromatic heterocycles. The summed E-state index contributed by atoms with van der Waals surface area (Å²) in [6.07, 6.45) is 3.90. The quantitative estimate of drug-likeness (QED) is 0.418. The van der Waals surface area contributed by atoms with Crippen LogP contribution in [0.25, 0.3) is 11.1 Å². The lowest BCUT2D eigenvalue weighted by Gasteiger charge is -2.36. The largest absolute Gasteiger partial charge is 0.497 e. The van der Waals surface area contributed by atoms with Gasteiger partial charge in [0.1, 0.15) is 11.8 Å². The van der Waals surface area contributed by atoms with Gasteiger partial charge < -0.3 is 19.9 Å². The summed E-state index contributed by atoms with van der Waals surface area (Å²) in [5.41, 5.74) is 6.61. The summed E-state index contributed by atoms with van der Waals surface area (Å²) in [5.74, 6) is 0.582. The van der Waals surface area contributed by atoms with E-state index >= 15 is 0 Å². The van der Waals surface area contributed by atoms with Crippen molar-refractivity contribution >= 4 is 35.2 Å². The van der Waals surface area contributed by atoms with Crippen LogP contribution in [0.5, 0.6) is 5.75 Å². The zero-order chi connectivity index (χ0) is 27.7. The lowest BCUT2D eigenvalue weighted by atomic mass is 9.91. The number of hydrogen-bond acceptors (Lipinski definition) is 6. The predicted octanol–water partition coefficient (Wildman–Crippen LogP) is 5.94. The molecule has 39 heavy (non-hydrogen) atoms. The number of carbonyl (C=O) groups is 1. The highest BCUT2D eigenvalue weighted by Gasteiger charge is 2.36. The predicted molar refractivity (Wildman–Crippen MR) is 156 cm³/mol. The zero-order valence-corrected chi connectivity index (χ0v) is 23.4. The molecule has 2 heterocycles. The van der Waals surface area contributed by atoms with Gasteiger partial charge in [0.05, 0.1) is 30.8 Å². The smallest absolute Gasteiger partial charge is 0.250 e. The highest BCUT2D eigenvalue weighted by molar-refractivity contribution is 6.31. The van der Waals surface area contributed by atoms with Crippen molar-refractivity contribution in [3.05, 3.63) is 75.8 Å². The monoisotopic (exact) mass is 541 g/mol. The lowest BCUT2D eigenvalue weighted by molar-refractivity contribution is -0.131. The number of aliphatic imine (C=N–C) groups is 1. The Morgan fingerprint density at radius 3 is 2.72 bits per heavy atom. The van der Waals surface area contributed by atoms with E-state index in [9.17, 15) is 10.1 Å². The van der Waals surface area contributed by atoms with Gasteiger partial charge in [-0.05, 0) is 104 Å². The number of amides is 1. The Balaban J connectivity index is 1.64. The Kier molecular flexibility index (Phi) is 7.60. The second-order valence-corrected chi connectivity index (χ2v) is 10.8. The second kappa shape index (κ2) is 11.1. The van der Waals surface area contributed by atoms with Crippen molar-refractivity contribution in [3.8, 4) is 22.9 Å². The fraction of sp³-hybridized carbons (Fsp3) is 0.323.